The number of hydrogen-bond donors (Lipinski definition) is 0. The fourth-order valence-electron chi connectivity index (χ4n) is 3.49. The first kappa shape index (κ1) is 14.8. The minimum Gasteiger partial charge on any atom is -0.338 e. The van der Waals surface area contributed by atoms with Gasteiger partial charge in [-0.1, -0.05) is 36.8 Å². The number of benzene rings is 1. The summed E-state index contributed by atoms with van der Waals surface area (Å²) in [5.74, 6) is 0.518. The Labute approximate surface area is 131 Å². The predicted molar refractivity (Wildman–Crippen MR) is 86.8 cm³/mol. The fourth-order valence-corrected chi connectivity index (χ4v) is 3.49. The Hall–Kier alpha value is -2.10. The van der Waals surface area contributed by atoms with Crippen LogP contribution in [0.25, 0.3) is 0 Å². The van der Waals surface area contributed by atoms with E-state index in [4.69, 9.17) is 0 Å². The van der Waals surface area contributed by atoms with Gasteiger partial charge in [0.25, 0.3) is 5.91 Å². The van der Waals surface area contributed by atoms with Gasteiger partial charge in [0.2, 0.25) is 0 Å². The molecule has 1 aliphatic rings. The number of likely N-dealkylation sites (N-methyl/N-ethyl adjacent to an activating group) is 1. The fraction of sp³-hybridized carbons (Fsp3) is 0.444. The van der Waals surface area contributed by atoms with Crippen molar-refractivity contribution in [3.05, 3.63) is 53.9 Å². The van der Waals surface area contributed by atoms with Crippen LogP contribution in [0, 0.1) is 0 Å². The van der Waals surface area contributed by atoms with Crippen molar-refractivity contribution in [2.24, 2.45) is 0 Å². The first-order valence-electron chi connectivity index (χ1n) is 8.05. The first-order valence-corrected chi connectivity index (χ1v) is 8.05. The van der Waals surface area contributed by atoms with Crippen LogP contribution in [-0.4, -0.2) is 33.7 Å². The van der Waals surface area contributed by atoms with Gasteiger partial charge in [0.1, 0.15) is 0 Å². The van der Waals surface area contributed by atoms with E-state index in [0.717, 1.165) is 19.4 Å². The maximum absolute atomic E-state index is 12.7. The quantitative estimate of drug-likeness (QED) is 0.868. The van der Waals surface area contributed by atoms with Crippen molar-refractivity contribution in [2.75, 3.05) is 7.05 Å². The maximum Gasteiger partial charge on any atom is 0.257 e. The molecule has 22 heavy (non-hydrogen) atoms. The zero-order chi connectivity index (χ0) is 15.5. The predicted octanol–water partition coefficient (Wildman–Crippen LogP) is 3.31. The summed E-state index contributed by atoms with van der Waals surface area (Å²) in [5.41, 5.74) is 2.02. The second kappa shape index (κ2) is 6.34. The lowest BCUT2D eigenvalue weighted by Crippen LogP contribution is -2.38. The number of aromatic nitrogens is 2. The molecule has 1 aromatic carbocycles. The van der Waals surface area contributed by atoms with Gasteiger partial charge in [0.05, 0.1) is 11.8 Å². The molecule has 4 nitrogen and oxygen atoms in total. The van der Waals surface area contributed by atoms with Crippen molar-refractivity contribution >= 4 is 5.91 Å². The standard InChI is InChI=1S/C18H23N3O/c1-3-21-13-15(12-19-21)18(22)20(2)17-11-7-10-16(17)14-8-5-4-6-9-14/h4-6,8-9,12-13,16-17H,3,7,10-11H2,1-2H3/t16-,17+/m0/s1. The summed E-state index contributed by atoms with van der Waals surface area (Å²) in [7, 11) is 1.93. The second-order valence-electron chi connectivity index (χ2n) is 6.02. The third-order valence-electron chi connectivity index (χ3n) is 4.73. The van der Waals surface area contributed by atoms with Crippen LogP contribution in [0.15, 0.2) is 42.7 Å². The molecule has 1 saturated carbocycles. The number of hydrogen-bond acceptors (Lipinski definition) is 2. The summed E-state index contributed by atoms with van der Waals surface area (Å²) in [6, 6.07) is 10.8. The monoisotopic (exact) mass is 297 g/mol. The summed E-state index contributed by atoms with van der Waals surface area (Å²) >= 11 is 0. The molecule has 3 rings (SSSR count). The number of carbonyl (C=O) groups excluding carboxylic acids is 1. The molecular weight excluding hydrogens is 274 g/mol. The third kappa shape index (κ3) is 2.78. The van der Waals surface area contributed by atoms with Gasteiger partial charge in [-0.2, -0.15) is 5.10 Å². The van der Waals surface area contributed by atoms with E-state index in [1.54, 1.807) is 10.9 Å². The molecule has 0 bridgehead atoms. The maximum atomic E-state index is 12.7. The molecule has 116 valence electrons. The Morgan fingerprint density at radius 3 is 2.77 bits per heavy atom. The molecule has 0 saturated heterocycles. The number of amides is 1. The topological polar surface area (TPSA) is 38.1 Å². The summed E-state index contributed by atoms with van der Waals surface area (Å²) in [6.07, 6.45) is 6.92. The number of rotatable bonds is 4. The minimum atomic E-state index is 0.0764. The Balaban J connectivity index is 1.78. The van der Waals surface area contributed by atoms with E-state index in [1.807, 2.05) is 31.1 Å². The molecule has 1 fully saturated rings. The van der Waals surface area contributed by atoms with Gasteiger partial charge in [-0.05, 0) is 25.3 Å². The van der Waals surface area contributed by atoms with Crippen LogP contribution in [0.3, 0.4) is 0 Å². The Kier molecular flexibility index (Phi) is 4.27. The first-order chi connectivity index (χ1) is 10.7. The van der Waals surface area contributed by atoms with Crippen LogP contribution in [0.4, 0.5) is 0 Å². The number of carbonyl (C=O) groups is 1. The van der Waals surface area contributed by atoms with Crippen molar-refractivity contribution in [1.29, 1.82) is 0 Å². The van der Waals surface area contributed by atoms with Crippen LogP contribution < -0.4 is 0 Å². The lowest BCUT2D eigenvalue weighted by molar-refractivity contribution is 0.0722. The van der Waals surface area contributed by atoms with Gasteiger partial charge in [0.15, 0.2) is 0 Å². The zero-order valence-electron chi connectivity index (χ0n) is 13.3. The molecule has 1 amide bonds. The Morgan fingerprint density at radius 1 is 1.32 bits per heavy atom. The van der Waals surface area contributed by atoms with E-state index in [2.05, 4.69) is 29.4 Å². The number of nitrogens with zero attached hydrogens (tertiary/aromatic N) is 3. The van der Waals surface area contributed by atoms with Gasteiger partial charge < -0.3 is 4.90 Å². The molecule has 2 atom stereocenters. The molecule has 1 heterocycles. The van der Waals surface area contributed by atoms with Gasteiger partial charge in [-0.3, -0.25) is 9.48 Å². The van der Waals surface area contributed by atoms with Gasteiger partial charge in [0, 0.05) is 31.7 Å². The van der Waals surface area contributed by atoms with Crippen LogP contribution in [0.1, 0.15) is 48.0 Å². The van der Waals surface area contributed by atoms with Crippen molar-refractivity contribution in [3.8, 4) is 0 Å². The molecule has 0 N–H and O–H groups in total. The van der Waals surface area contributed by atoms with Crippen molar-refractivity contribution in [1.82, 2.24) is 14.7 Å². The summed E-state index contributed by atoms with van der Waals surface area (Å²) in [4.78, 5) is 14.6. The average Bonchev–Trinajstić information content (AvgIpc) is 3.23. The second-order valence-corrected chi connectivity index (χ2v) is 6.02. The van der Waals surface area contributed by atoms with Gasteiger partial charge in [-0.15, -0.1) is 0 Å². The molecule has 0 radical (unpaired) electrons. The molecule has 4 heteroatoms. The highest BCUT2D eigenvalue weighted by atomic mass is 16.2. The molecule has 0 aliphatic heterocycles. The van der Waals surface area contributed by atoms with Crippen molar-refractivity contribution in [3.63, 3.8) is 0 Å². The van der Waals surface area contributed by atoms with E-state index in [1.165, 1.54) is 12.0 Å². The van der Waals surface area contributed by atoms with Crippen LogP contribution in [-0.2, 0) is 6.54 Å². The highest BCUT2D eigenvalue weighted by Gasteiger charge is 2.34. The van der Waals surface area contributed by atoms with E-state index >= 15 is 0 Å². The Morgan fingerprint density at radius 2 is 2.09 bits per heavy atom. The molecule has 0 unspecified atom stereocenters. The molecule has 1 aliphatic carbocycles. The van der Waals surface area contributed by atoms with Crippen LogP contribution in [0.5, 0.6) is 0 Å². The highest BCUT2D eigenvalue weighted by molar-refractivity contribution is 5.93. The van der Waals surface area contributed by atoms with Crippen molar-refractivity contribution in [2.45, 2.75) is 44.7 Å². The normalized spacial score (nSPS) is 21.0. The lowest BCUT2D eigenvalue weighted by atomic mass is 9.93. The summed E-state index contributed by atoms with van der Waals surface area (Å²) < 4.78 is 1.80. The molecule has 1 aromatic heterocycles. The average molecular weight is 297 g/mol. The molecular formula is C18H23N3O. The largest absolute Gasteiger partial charge is 0.338 e. The highest BCUT2D eigenvalue weighted by Crippen LogP contribution is 2.37. The SMILES string of the molecule is CCn1cc(C(=O)N(C)[C@@H]2CCC[C@H]2c2ccccc2)cn1. The van der Waals surface area contributed by atoms with Crippen LogP contribution >= 0.6 is 0 Å². The lowest BCUT2D eigenvalue weighted by Gasteiger charge is -2.30. The third-order valence-corrected chi connectivity index (χ3v) is 4.73. The van der Waals surface area contributed by atoms with Crippen LogP contribution in [0.2, 0.25) is 0 Å². The van der Waals surface area contributed by atoms with E-state index in [-0.39, 0.29) is 11.9 Å². The molecule has 2 aromatic rings. The Bertz CT molecular complexity index is 635. The van der Waals surface area contributed by atoms with E-state index < -0.39 is 0 Å². The van der Waals surface area contributed by atoms with Gasteiger partial charge >= 0.3 is 0 Å². The van der Waals surface area contributed by atoms with E-state index in [9.17, 15) is 4.79 Å². The number of aryl methyl sites for hydroxylation is 1. The molecule has 0 spiro atoms. The zero-order valence-corrected chi connectivity index (χ0v) is 13.3. The minimum absolute atomic E-state index is 0.0764. The van der Waals surface area contributed by atoms with E-state index in [0.29, 0.717) is 11.5 Å². The van der Waals surface area contributed by atoms with Crippen molar-refractivity contribution < 1.29 is 4.79 Å². The van der Waals surface area contributed by atoms with Gasteiger partial charge in [-0.25, -0.2) is 0 Å². The smallest absolute Gasteiger partial charge is 0.257 e. The summed E-state index contributed by atoms with van der Waals surface area (Å²) in [6.45, 7) is 2.81. The summed E-state index contributed by atoms with van der Waals surface area (Å²) in [5, 5.41) is 4.21.